The van der Waals surface area contributed by atoms with Gasteiger partial charge in [-0.15, -0.1) is 0 Å². The molecular weight excluding hydrogens is 336 g/mol. The number of hydrogen-bond acceptors (Lipinski definition) is 4. The molecule has 1 atom stereocenters. The number of nitro benzene ring substituents is 1. The standard InChI is InChI=1S/C15H17BrN2O3/c1-11(4-5-15-3-2-6-21-15)17-10-12-7-13(16)9-14(8-12)18(19)20/h2-3,6-9,11,17H,4-5,10H2,1H3. The van der Waals surface area contributed by atoms with Gasteiger partial charge in [0, 0.05) is 35.6 Å². The van der Waals surface area contributed by atoms with Crippen molar-refractivity contribution in [2.24, 2.45) is 0 Å². The summed E-state index contributed by atoms with van der Waals surface area (Å²) in [6, 6.07) is 9.13. The first-order chi connectivity index (χ1) is 10.0. The Kier molecular flexibility index (Phi) is 5.52. The topological polar surface area (TPSA) is 68.3 Å². The zero-order chi connectivity index (χ0) is 15.2. The van der Waals surface area contributed by atoms with E-state index in [1.165, 1.54) is 6.07 Å². The van der Waals surface area contributed by atoms with Crippen molar-refractivity contribution >= 4 is 21.6 Å². The molecule has 0 radical (unpaired) electrons. The van der Waals surface area contributed by atoms with Crippen molar-refractivity contribution in [3.63, 3.8) is 0 Å². The average Bonchev–Trinajstić information content (AvgIpc) is 2.95. The Balaban J connectivity index is 1.85. The molecule has 0 aliphatic carbocycles. The molecule has 21 heavy (non-hydrogen) atoms. The third-order valence-corrected chi connectivity index (χ3v) is 3.67. The van der Waals surface area contributed by atoms with E-state index in [9.17, 15) is 10.1 Å². The minimum absolute atomic E-state index is 0.101. The molecule has 1 aromatic heterocycles. The normalized spacial score (nSPS) is 12.3. The van der Waals surface area contributed by atoms with Crippen LogP contribution in [-0.2, 0) is 13.0 Å². The number of halogens is 1. The highest BCUT2D eigenvalue weighted by Crippen LogP contribution is 2.21. The first kappa shape index (κ1) is 15.7. The highest BCUT2D eigenvalue weighted by Gasteiger charge is 2.10. The van der Waals surface area contributed by atoms with E-state index in [0.717, 1.165) is 28.6 Å². The Morgan fingerprint density at radius 1 is 1.43 bits per heavy atom. The predicted molar refractivity (Wildman–Crippen MR) is 84.1 cm³/mol. The van der Waals surface area contributed by atoms with E-state index in [4.69, 9.17) is 4.42 Å². The summed E-state index contributed by atoms with van der Waals surface area (Å²) in [5.41, 5.74) is 0.991. The average molecular weight is 353 g/mol. The molecule has 0 saturated heterocycles. The van der Waals surface area contributed by atoms with E-state index < -0.39 is 0 Å². The lowest BCUT2D eigenvalue weighted by molar-refractivity contribution is -0.385. The van der Waals surface area contributed by atoms with Crippen LogP contribution >= 0.6 is 15.9 Å². The van der Waals surface area contributed by atoms with Gasteiger partial charge in [0.25, 0.3) is 5.69 Å². The van der Waals surface area contributed by atoms with Crippen LogP contribution < -0.4 is 5.32 Å². The maximum atomic E-state index is 10.8. The molecule has 2 aromatic rings. The minimum atomic E-state index is -0.380. The van der Waals surface area contributed by atoms with Gasteiger partial charge in [-0.1, -0.05) is 15.9 Å². The number of benzene rings is 1. The lowest BCUT2D eigenvalue weighted by Gasteiger charge is -2.13. The zero-order valence-corrected chi connectivity index (χ0v) is 13.3. The Labute approximate surface area is 131 Å². The molecule has 0 saturated carbocycles. The van der Waals surface area contributed by atoms with Crippen LogP contribution in [0.2, 0.25) is 0 Å². The van der Waals surface area contributed by atoms with Gasteiger partial charge in [0.05, 0.1) is 11.2 Å². The van der Waals surface area contributed by atoms with Crippen LogP contribution in [0.4, 0.5) is 5.69 Å². The van der Waals surface area contributed by atoms with E-state index in [2.05, 4.69) is 28.2 Å². The molecule has 1 unspecified atom stereocenters. The lowest BCUT2D eigenvalue weighted by atomic mass is 10.1. The van der Waals surface area contributed by atoms with Gasteiger partial charge in [0.15, 0.2) is 0 Å². The van der Waals surface area contributed by atoms with Crippen LogP contribution in [0.1, 0.15) is 24.7 Å². The Hall–Kier alpha value is -1.66. The van der Waals surface area contributed by atoms with E-state index in [0.29, 0.717) is 12.6 Å². The van der Waals surface area contributed by atoms with Crippen molar-refractivity contribution in [1.29, 1.82) is 0 Å². The number of aryl methyl sites for hydroxylation is 1. The lowest BCUT2D eigenvalue weighted by Crippen LogP contribution is -2.25. The summed E-state index contributed by atoms with van der Waals surface area (Å²) in [4.78, 5) is 10.5. The van der Waals surface area contributed by atoms with Gasteiger partial charge in [-0.05, 0) is 37.1 Å². The van der Waals surface area contributed by atoms with Crippen LogP contribution in [-0.4, -0.2) is 11.0 Å². The van der Waals surface area contributed by atoms with Crippen LogP contribution in [0.15, 0.2) is 45.5 Å². The Morgan fingerprint density at radius 2 is 2.24 bits per heavy atom. The predicted octanol–water partition coefficient (Wildman–Crippen LogP) is 4.06. The van der Waals surface area contributed by atoms with Crippen molar-refractivity contribution in [1.82, 2.24) is 5.32 Å². The molecule has 0 amide bonds. The SMILES string of the molecule is CC(CCc1ccco1)NCc1cc(Br)cc([N+](=O)[O-])c1. The molecule has 2 rings (SSSR count). The summed E-state index contributed by atoms with van der Waals surface area (Å²) in [5, 5.41) is 14.2. The second-order valence-electron chi connectivity index (χ2n) is 4.97. The number of nitro groups is 1. The van der Waals surface area contributed by atoms with Crippen molar-refractivity contribution in [2.75, 3.05) is 0 Å². The fraction of sp³-hybridized carbons (Fsp3) is 0.333. The molecule has 5 nitrogen and oxygen atoms in total. The molecule has 0 fully saturated rings. The summed E-state index contributed by atoms with van der Waals surface area (Å²) >= 11 is 3.30. The van der Waals surface area contributed by atoms with Crippen LogP contribution in [0.3, 0.4) is 0 Å². The Morgan fingerprint density at radius 3 is 2.90 bits per heavy atom. The highest BCUT2D eigenvalue weighted by atomic mass is 79.9. The molecular formula is C15H17BrN2O3. The molecule has 0 aliphatic heterocycles. The van der Waals surface area contributed by atoms with Gasteiger partial charge in [-0.3, -0.25) is 10.1 Å². The maximum absolute atomic E-state index is 10.8. The quantitative estimate of drug-likeness (QED) is 0.602. The number of furan rings is 1. The molecule has 1 N–H and O–H groups in total. The highest BCUT2D eigenvalue weighted by molar-refractivity contribution is 9.10. The first-order valence-corrected chi connectivity index (χ1v) is 7.53. The summed E-state index contributed by atoms with van der Waals surface area (Å²) in [5.74, 6) is 0.974. The number of nitrogens with zero attached hydrogens (tertiary/aromatic N) is 1. The number of non-ortho nitro benzene ring substituents is 1. The molecule has 0 bridgehead atoms. The summed E-state index contributed by atoms with van der Waals surface area (Å²) in [7, 11) is 0. The zero-order valence-electron chi connectivity index (χ0n) is 11.7. The van der Waals surface area contributed by atoms with E-state index in [-0.39, 0.29) is 10.6 Å². The van der Waals surface area contributed by atoms with Crippen molar-refractivity contribution in [3.8, 4) is 0 Å². The third-order valence-electron chi connectivity index (χ3n) is 3.21. The molecule has 6 heteroatoms. The second kappa shape index (κ2) is 7.38. The molecule has 1 aromatic carbocycles. The third kappa shape index (κ3) is 4.99. The van der Waals surface area contributed by atoms with Gasteiger partial charge >= 0.3 is 0 Å². The van der Waals surface area contributed by atoms with Crippen LogP contribution in [0.5, 0.6) is 0 Å². The number of hydrogen-bond donors (Lipinski definition) is 1. The fourth-order valence-corrected chi connectivity index (χ4v) is 2.58. The van der Waals surface area contributed by atoms with Crippen LogP contribution in [0.25, 0.3) is 0 Å². The number of rotatable bonds is 7. The van der Waals surface area contributed by atoms with E-state index in [1.807, 2.05) is 18.2 Å². The summed E-state index contributed by atoms with van der Waals surface area (Å²) < 4.78 is 6.01. The Bertz CT molecular complexity index is 599. The summed E-state index contributed by atoms with van der Waals surface area (Å²) in [6.07, 6.45) is 3.50. The monoisotopic (exact) mass is 352 g/mol. The van der Waals surface area contributed by atoms with Gasteiger partial charge in [0.2, 0.25) is 0 Å². The van der Waals surface area contributed by atoms with Gasteiger partial charge in [0.1, 0.15) is 5.76 Å². The smallest absolute Gasteiger partial charge is 0.270 e. The van der Waals surface area contributed by atoms with E-state index >= 15 is 0 Å². The van der Waals surface area contributed by atoms with Crippen molar-refractivity contribution in [3.05, 3.63) is 62.5 Å². The van der Waals surface area contributed by atoms with Gasteiger partial charge in [-0.2, -0.15) is 0 Å². The molecule has 112 valence electrons. The van der Waals surface area contributed by atoms with E-state index in [1.54, 1.807) is 12.3 Å². The fourth-order valence-electron chi connectivity index (χ4n) is 2.05. The second-order valence-corrected chi connectivity index (χ2v) is 5.89. The summed E-state index contributed by atoms with van der Waals surface area (Å²) in [6.45, 7) is 2.69. The largest absolute Gasteiger partial charge is 0.469 e. The minimum Gasteiger partial charge on any atom is -0.469 e. The van der Waals surface area contributed by atoms with Gasteiger partial charge < -0.3 is 9.73 Å². The van der Waals surface area contributed by atoms with Crippen molar-refractivity contribution < 1.29 is 9.34 Å². The van der Waals surface area contributed by atoms with Crippen molar-refractivity contribution in [2.45, 2.75) is 32.4 Å². The first-order valence-electron chi connectivity index (χ1n) is 6.74. The maximum Gasteiger partial charge on any atom is 0.270 e. The molecule has 0 aliphatic rings. The molecule has 1 heterocycles. The van der Waals surface area contributed by atoms with Crippen LogP contribution in [0, 0.1) is 10.1 Å². The molecule has 0 spiro atoms. The van der Waals surface area contributed by atoms with Gasteiger partial charge in [-0.25, -0.2) is 0 Å². The number of nitrogens with one attached hydrogen (secondary N) is 1.